The first-order valence-corrected chi connectivity index (χ1v) is 10.3. The summed E-state index contributed by atoms with van der Waals surface area (Å²) >= 11 is 0. The molecule has 1 aromatic heterocycles. The monoisotopic (exact) mass is 348 g/mol. The summed E-state index contributed by atoms with van der Waals surface area (Å²) in [6, 6.07) is 13.2. The Morgan fingerprint density at radius 3 is 2.42 bits per heavy atom. The third kappa shape index (κ3) is 5.04. The number of hydrogen-bond donors (Lipinski definition) is 1. The number of nitrogens with zero attached hydrogens (tertiary/aromatic N) is 1. The molecule has 0 bridgehead atoms. The number of aromatic nitrogens is 1. The van der Waals surface area contributed by atoms with Crippen molar-refractivity contribution >= 4 is 11.6 Å². The van der Waals surface area contributed by atoms with Gasteiger partial charge in [-0.15, -0.1) is 0 Å². The van der Waals surface area contributed by atoms with Crippen LogP contribution in [-0.4, -0.2) is 11.5 Å². The number of fused-ring (bicyclic) bond motifs is 1. The lowest BCUT2D eigenvalue weighted by molar-refractivity contribution is 0.544. The van der Waals surface area contributed by atoms with Crippen LogP contribution >= 0.6 is 0 Å². The predicted octanol–water partition coefficient (Wildman–Crippen LogP) is 6.41. The minimum absolute atomic E-state index is 0.292. The molecule has 0 radical (unpaired) electrons. The van der Waals surface area contributed by atoms with E-state index in [1.165, 1.54) is 73.6 Å². The highest BCUT2D eigenvalue weighted by molar-refractivity contribution is 5.91. The first kappa shape index (κ1) is 18.8. The second-order valence-corrected chi connectivity index (χ2v) is 7.33. The van der Waals surface area contributed by atoms with Crippen molar-refractivity contribution in [1.29, 1.82) is 0 Å². The lowest BCUT2D eigenvalue weighted by Gasteiger charge is -2.19. The Labute approximate surface area is 158 Å². The fourth-order valence-corrected chi connectivity index (χ4v) is 3.83. The van der Waals surface area contributed by atoms with Crippen LogP contribution in [0.4, 0.5) is 0 Å². The van der Waals surface area contributed by atoms with Gasteiger partial charge < -0.3 is 5.32 Å². The van der Waals surface area contributed by atoms with Crippen LogP contribution in [0.3, 0.4) is 0 Å². The summed E-state index contributed by atoms with van der Waals surface area (Å²) < 4.78 is 0. The molecule has 0 amide bonds. The summed E-state index contributed by atoms with van der Waals surface area (Å²) in [4.78, 5) is 4.31. The van der Waals surface area contributed by atoms with E-state index in [2.05, 4.69) is 53.6 Å². The van der Waals surface area contributed by atoms with Crippen LogP contribution in [0.25, 0.3) is 11.6 Å². The number of unbranched alkanes of at least 4 members (excludes halogenated alkanes) is 7. The molecule has 1 N–H and O–H groups in total. The lowest BCUT2D eigenvalue weighted by Crippen LogP contribution is -2.22. The quantitative estimate of drug-likeness (QED) is 0.475. The van der Waals surface area contributed by atoms with Crippen molar-refractivity contribution < 1.29 is 0 Å². The highest BCUT2D eigenvalue weighted by Gasteiger charge is 2.25. The number of nitrogens with one attached hydrogen (secondary N) is 1. The Morgan fingerprint density at radius 2 is 1.65 bits per heavy atom. The van der Waals surface area contributed by atoms with E-state index in [9.17, 15) is 0 Å². The number of hydrogen-bond acceptors (Lipinski definition) is 2. The van der Waals surface area contributed by atoms with Crippen LogP contribution in [0, 0.1) is 0 Å². The van der Waals surface area contributed by atoms with Gasteiger partial charge in [-0.3, -0.25) is 4.98 Å². The molecule has 2 nitrogen and oxygen atoms in total. The van der Waals surface area contributed by atoms with Gasteiger partial charge in [0.15, 0.2) is 0 Å². The van der Waals surface area contributed by atoms with Gasteiger partial charge in [0.2, 0.25) is 0 Å². The van der Waals surface area contributed by atoms with Crippen molar-refractivity contribution in [2.75, 3.05) is 6.54 Å². The van der Waals surface area contributed by atoms with Gasteiger partial charge >= 0.3 is 0 Å². The number of rotatable bonds is 11. The molecule has 1 unspecified atom stereocenters. The summed E-state index contributed by atoms with van der Waals surface area (Å²) in [5.41, 5.74) is 5.29. The van der Waals surface area contributed by atoms with Crippen molar-refractivity contribution in [2.45, 2.75) is 64.3 Å². The molecule has 2 heteroatoms. The minimum Gasteiger partial charge on any atom is -0.306 e. The van der Waals surface area contributed by atoms with Crippen LogP contribution in [0.5, 0.6) is 0 Å². The summed E-state index contributed by atoms with van der Waals surface area (Å²) in [6.45, 7) is 3.35. The normalized spacial score (nSPS) is 15.7. The Morgan fingerprint density at radius 1 is 0.885 bits per heavy atom. The Hall–Kier alpha value is -1.93. The van der Waals surface area contributed by atoms with E-state index in [4.69, 9.17) is 0 Å². The molecule has 1 atom stereocenters. The molecule has 2 aromatic rings. The maximum Gasteiger partial charge on any atom is 0.0589 e. The molecule has 138 valence electrons. The summed E-state index contributed by atoms with van der Waals surface area (Å²) in [7, 11) is 0. The van der Waals surface area contributed by atoms with E-state index in [1.54, 1.807) is 0 Å². The van der Waals surface area contributed by atoms with Crippen molar-refractivity contribution in [3.63, 3.8) is 0 Å². The molecule has 0 spiro atoms. The molecular weight excluding hydrogens is 316 g/mol. The minimum atomic E-state index is 0.292. The van der Waals surface area contributed by atoms with Gasteiger partial charge in [-0.2, -0.15) is 0 Å². The largest absolute Gasteiger partial charge is 0.306 e. The standard InChI is InChI=1S/C24H32N2/c1-2-3-4-5-6-7-8-11-17-26-24-22-15-10-9-13-20(22)18-23(24)21-14-12-16-25-19-21/h9-10,12-16,18-19,24,26H,2-8,11,17H2,1H3. The molecule has 0 saturated heterocycles. The lowest BCUT2D eigenvalue weighted by atomic mass is 9.99. The topological polar surface area (TPSA) is 24.9 Å². The van der Waals surface area contributed by atoms with Gasteiger partial charge in [0.05, 0.1) is 6.04 Å². The zero-order valence-corrected chi connectivity index (χ0v) is 16.1. The molecule has 1 aliphatic carbocycles. The van der Waals surface area contributed by atoms with E-state index in [0.29, 0.717) is 6.04 Å². The van der Waals surface area contributed by atoms with Crippen LogP contribution in [0.1, 0.15) is 81.0 Å². The van der Waals surface area contributed by atoms with Gasteiger partial charge in [0.1, 0.15) is 0 Å². The summed E-state index contributed by atoms with van der Waals surface area (Å²) in [6.07, 6.45) is 17.0. The van der Waals surface area contributed by atoms with Gasteiger partial charge in [-0.1, -0.05) is 82.2 Å². The van der Waals surface area contributed by atoms with Crippen LogP contribution < -0.4 is 5.32 Å². The van der Waals surface area contributed by atoms with Gasteiger partial charge in [0, 0.05) is 12.4 Å². The predicted molar refractivity (Wildman–Crippen MR) is 112 cm³/mol. The van der Waals surface area contributed by atoms with E-state index >= 15 is 0 Å². The zero-order chi connectivity index (χ0) is 18.0. The van der Waals surface area contributed by atoms with E-state index < -0.39 is 0 Å². The molecule has 0 aliphatic heterocycles. The molecule has 26 heavy (non-hydrogen) atoms. The summed E-state index contributed by atoms with van der Waals surface area (Å²) in [5, 5.41) is 3.80. The number of pyridine rings is 1. The maximum absolute atomic E-state index is 4.31. The molecule has 1 heterocycles. The molecule has 0 saturated carbocycles. The first-order valence-electron chi connectivity index (χ1n) is 10.3. The molecule has 0 fully saturated rings. The van der Waals surface area contributed by atoms with Crippen LogP contribution in [0.15, 0.2) is 48.8 Å². The third-order valence-electron chi connectivity index (χ3n) is 5.30. The fourth-order valence-electron chi connectivity index (χ4n) is 3.83. The molecule has 1 aliphatic rings. The fraction of sp³-hybridized carbons (Fsp3) is 0.458. The Bertz CT molecular complexity index is 690. The SMILES string of the molecule is CCCCCCCCCCNC1C(c2cccnc2)=Cc2ccccc21. The highest BCUT2D eigenvalue weighted by atomic mass is 14.9. The van der Waals surface area contributed by atoms with Gasteiger partial charge in [-0.25, -0.2) is 0 Å². The van der Waals surface area contributed by atoms with Crippen molar-refractivity contribution in [3.8, 4) is 0 Å². The molecule has 1 aromatic carbocycles. The van der Waals surface area contributed by atoms with Crippen molar-refractivity contribution in [3.05, 3.63) is 65.5 Å². The summed E-state index contributed by atoms with van der Waals surface area (Å²) in [5.74, 6) is 0. The second-order valence-electron chi connectivity index (χ2n) is 7.33. The van der Waals surface area contributed by atoms with Crippen LogP contribution in [0.2, 0.25) is 0 Å². The second kappa shape index (κ2) is 10.3. The molecule has 3 rings (SSSR count). The van der Waals surface area contributed by atoms with Gasteiger partial charge in [-0.05, 0) is 47.4 Å². The Balaban J connectivity index is 1.50. The van der Waals surface area contributed by atoms with Crippen LogP contribution in [-0.2, 0) is 0 Å². The number of benzene rings is 1. The first-order chi connectivity index (χ1) is 12.9. The zero-order valence-electron chi connectivity index (χ0n) is 16.1. The maximum atomic E-state index is 4.31. The Kier molecular flexibility index (Phi) is 7.45. The third-order valence-corrected chi connectivity index (χ3v) is 5.30. The van der Waals surface area contributed by atoms with E-state index in [-0.39, 0.29) is 0 Å². The average molecular weight is 349 g/mol. The van der Waals surface area contributed by atoms with E-state index in [1.807, 2.05) is 18.5 Å². The van der Waals surface area contributed by atoms with Gasteiger partial charge in [0.25, 0.3) is 0 Å². The highest BCUT2D eigenvalue weighted by Crippen LogP contribution is 2.39. The smallest absolute Gasteiger partial charge is 0.0589 e. The average Bonchev–Trinajstić information content (AvgIpc) is 3.06. The van der Waals surface area contributed by atoms with Crippen molar-refractivity contribution in [2.24, 2.45) is 0 Å². The molecular formula is C24H32N2. The van der Waals surface area contributed by atoms with E-state index in [0.717, 1.165) is 6.54 Å². The van der Waals surface area contributed by atoms with Crippen molar-refractivity contribution in [1.82, 2.24) is 10.3 Å².